The molecule has 1 atom stereocenters. The monoisotopic (exact) mass is 478 g/mol. The minimum Gasteiger partial charge on any atom is -0.291 e. The van der Waals surface area contributed by atoms with E-state index in [0.717, 1.165) is 29.5 Å². The first-order valence-electron chi connectivity index (χ1n) is 9.72. The molecule has 1 saturated heterocycles. The number of aromatic nitrogens is 1. The third-order valence-corrected chi connectivity index (χ3v) is 8.00. The van der Waals surface area contributed by atoms with Gasteiger partial charge in [-0.25, -0.2) is 32.1 Å². The molecule has 0 aliphatic carbocycles. The van der Waals surface area contributed by atoms with E-state index in [0.29, 0.717) is 24.2 Å². The molecule has 0 radical (unpaired) electrons. The molecule has 2 amide bonds. The lowest BCUT2D eigenvalue weighted by molar-refractivity contribution is 0.245. The Morgan fingerprint density at radius 1 is 1.16 bits per heavy atom. The quantitative estimate of drug-likeness (QED) is 0.606. The summed E-state index contributed by atoms with van der Waals surface area (Å²) in [4.78, 5) is 20.5. The second-order valence-electron chi connectivity index (χ2n) is 7.53. The van der Waals surface area contributed by atoms with Crippen molar-refractivity contribution in [2.75, 3.05) is 16.3 Å². The molecule has 0 unspecified atom stereocenters. The first-order chi connectivity index (χ1) is 15.1. The number of hydrogen-bond acceptors (Lipinski definition) is 5. The van der Waals surface area contributed by atoms with Crippen LogP contribution < -0.4 is 14.9 Å². The number of sulfonamides is 1. The van der Waals surface area contributed by atoms with Crippen LogP contribution in [-0.2, 0) is 10.0 Å². The van der Waals surface area contributed by atoms with E-state index in [1.54, 1.807) is 29.2 Å². The van der Waals surface area contributed by atoms with Gasteiger partial charge in [-0.1, -0.05) is 23.5 Å². The summed E-state index contributed by atoms with van der Waals surface area (Å²) in [7, 11) is -3.94. The van der Waals surface area contributed by atoms with Crippen LogP contribution >= 0.6 is 11.3 Å². The van der Waals surface area contributed by atoms with Crippen LogP contribution in [-0.4, -0.2) is 32.0 Å². The van der Waals surface area contributed by atoms with Crippen molar-refractivity contribution >= 4 is 38.2 Å². The van der Waals surface area contributed by atoms with Crippen molar-refractivity contribution in [3.63, 3.8) is 0 Å². The normalized spacial score (nSPS) is 17.2. The fourth-order valence-electron chi connectivity index (χ4n) is 3.67. The van der Waals surface area contributed by atoms with Crippen molar-refractivity contribution in [3.8, 4) is 11.1 Å². The van der Waals surface area contributed by atoms with Gasteiger partial charge in [-0.2, -0.15) is 0 Å². The number of anilines is 2. The summed E-state index contributed by atoms with van der Waals surface area (Å²) in [6.45, 7) is 3.80. The summed E-state index contributed by atoms with van der Waals surface area (Å²) in [6, 6.07) is 9.33. The number of benzene rings is 2. The Bertz CT molecular complexity index is 1290. The maximum atomic E-state index is 14.1. The van der Waals surface area contributed by atoms with Gasteiger partial charge in [0.2, 0.25) is 10.0 Å². The fraction of sp³-hybridized carbons (Fsp3) is 0.238. The van der Waals surface area contributed by atoms with Crippen molar-refractivity contribution in [1.29, 1.82) is 0 Å². The number of rotatable bonds is 4. The van der Waals surface area contributed by atoms with E-state index in [2.05, 4.69) is 4.98 Å². The predicted octanol–water partition coefficient (Wildman–Crippen LogP) is 4.27. The molecule has 11 heteroatoms. The number of thiazole rings is 1. The first kappa shape index (κ1) is 22.3. The molecule has 0 saturated carbocycles. The number of nitrogens with zero attached hydrogens (tertiary/aromatic N) is 3. The molecule has 1 aromatic heterocycles. The van der Waals surface area contributed by atoms with Gasteiger partial charge in [-0.15, -0.1) is 0 Å². The predicted molar refractivity (Wildman–Crippen MR) is 119 cm³/mol. The molecular weight excluding hydrogens is 458 g/mol. The maximum Gasteiger partial charge on any atom is 0.331 e. The lowest BCUT2D eigenvalue weighted by Gasteiger charge is -2.39. The average Bonchev–Trinajstić information content (AvgIpc) is 3.12. The number of amides is 2. The minimum absolute atomic E-state index is 0.0769. The molecule has 3 aromatic rings. The Morgan fingerprint density at radius 3 is 2.47 bits per heavy atom. The number of nitrogens with two attached hydrogens (primary N) is 1. The molecule has 0 bridgehead atoms. The standard InChI is InChI=1S/C21H20F2N4O3S2/c1-12-9-10-26(20-25-13(2)19(31-20)32(24,29)30)21(28)27(12)16-6-3-14(4-7-16)17-11-15(22)5-8-18(17)23/h3-8,11-12H,9-10H2,1-2H3,(H2,24,29,30)/t12-/m0/s1. The van der Waals surface area contributed by atoms with Crippen LogP contribution in [0.25, 0.3) is 11.1 Å². The lowest BCUT2D eigenvalue weighted by atomic mass is 10.0. The summed E-state index contributed by atoms with van der Waals surface area (Å²) >= 11 is 0.855. The summed E-state index contributed by atoms with van der Waals surface area (Å²) in [5, 5.41) is 5.49. The number of urea groups is 1. The molecule has 32 heavy (non-hydrogen) atoms. The van der Waals surface area contributed by atoms with Crippen LogP contribution in [0.2, 0.25) is 0 Å². The summed E-state index contributed by atoms with van der Waals surface area (Å²) in [5.41, 5.74) is 1.43. The zero-order valence-electron chi connectivity index (χ0n) is 17.2. The van der Waals surface area contributed by atoms with Crippen molar-refractivity contribution in [1.82, 2.24) is 4.98 Å². The van der Waals surface area contributed by atoms with Gasteiger partial charge in [0.25, 0.3) is 0 Å². The Morgan fingerprint density at radius 2 is 1.84 bits per heavy atom. The van der Waals surface area contributed by atoms with Crippen LogP contribution in [0.15, 0.2) is 46.7 Å². The summed E-state index contributed by atoms with van der Waals surface area (Å²) in [5.74, 6) is -1.09. The molecule has 2 aromatic carbocycles. The van der Waals surface area contributed by atoms with Crippen molar-refractivity contribution in [3.05, 3.63) is 59.8 Å². The molecule has 1 aliphatic heterocycles. The molecule has 1 aliphatic rings. The molecule has 0 spiro atoms. The highest BCUT2D eigenvalue weighted by Crippen LogP contribution is 2.34. The number of carbonyl (C=O) groups excluding carboxylic acids is 1. The van der Waals surface area contributed by atoms with E-state index in [-0.39, 0.29) is 32.7 Å². The van der Waals surface area contributed by atoms with Gasteiger partial charge in [0, 0.05) is 23.8 Å². The Labute approximate surface area is 188 Å². The zero-order valence-corrected chi connectivity index (χ0v) is 18.9. The Hall–Kier alpha value is -2.89. The third-order valence-electron chi connectivity index (χ3n) is 5.27. The van der Waals surface area contributed by atoms with E-state index in [9.17, 15) is 22.0 Å². The summed E-state index contributed by atoms with van der Waals surface area (Å²) < 4.78 is 51.1. The van der Waals surface area contributed by atoms with E-state index >= 15 is 0 Å². The number of aryl methyl sites for hydroxylation is 1. The molecular formula is C21H20F2N4O3S2. The maximum absolute atomic E-state index is 14.1. The SMILES string of the molecule is Cc1nc(N2CC[C@H](C)N(c3ccc(-c4cc(F)ccc4F)cc3)C2=O)sc1S(N)(=O)=O. The van der Waals surface area contributed by atoms with Gasteiger partial charge >= 0.3 is 6.03 Å². The van der Waals surface area contributed by atoms with E-state index in [4.69, 9.17) is 5.14 Å². The van der Waals surface area contributed by atoms with Crippen LogP contribution in [0.4, 0.5) is 24.4 Å². The fourth-order valence-corrected chi connectivity index (χ4v) is 5.64. The molecule has 168 valence electrons. The van der Waals surface area contributed by atoms with E-state index in [1.807, 2.05) is 6.92 Å². The number of halogens is 2. The number of carbonyl (C=O) groups is 1. The van der Waals surface area contributed by atoms with Crippen LogP contribution in [0.3, 0.4) is 0 Å². The van der Waals surface area contributed by atoms with E-state index in [1.165, 1.54) is 11.8 Å². The van der Waals surface area contributed by atoms with Gasteiger partial charge in [0.1, 0.15) is 11.6 Å². The van der Waals surface area contributed by atoms with Gasteiger partial charge < -0.3 is 0 Å². The van der Waals surface area contributed by atoms with Gasteiger partial charge in [0.15, 0.2) is 9.34 Å². The van der Waals surface area contributed by atoms with Crippen molar-refractivity contribution in [2.45, 2.75) is 30.5 Å². The van der Waals surface area contributed by atoms with Crippen LogP contribution in [0.1, 0.15) is 19.0 Å². The lowest BCUT2D eigenvalue weighted by Crippen LogP contribution is -2.54. The van der Waals surface area contributed by atoms with Crippen LogP contribution in [0.5, 0.6) is 0 Å². The highest BCUT2D eigenvalue weighted by molar-refractivity contribution is 7.91. The number of hydrogen-bond donors (Lipinski definition) is 1. The summed E-state index contributed by atoms with van der Waals surface area (Å²) in [6.07, 6.45) is 0.620. The van der Waals surface area contributed by atoms with Gasteiger partial charge in [-0.05, 0) is 56.2 Å². The highest BCUT2D eigenvalue weighted by atomic mass is 32.2. The third kappa shape index (κ3) is 4.10. The smallest absolute Gasteiger partial charge is 0.291 e. The van der Waals surface area contributed by atoms with E-state index < -0.39 is 21.7 Å². The molecule has 2 N–H and O–H groups in total. The van der Waals surface area contributed by atoms with Gasteiger partial charge in [-0.3, -0.25) is 9.80 Å². The van der Waals surface area contributed by atoms with Crippen LogP contribution in [0, 0.1) is 18.6 Å². The highest BCUT2D eigenvalue weighted by Gasteiger charge is 2.35. The average molecular weight is 479 g/mol. The molecule has 2 heterocycles. The topological polar surface area (TPSA) is 96.6 Å². The van der Waals surface area contributed by atoms with Crippen molar-refractivity contribution in [2.24, 2.45) is 5.14 Å². The number of primary sulfonamides is 1. The molecule has 1 fully saturated rings. The van der Waals surface area contributed by atoms with Gasteiger partial charge in [0.05, 0.1) is 5.69 Å². The largest absolute Gasteiger partial charge is 0.331 e. The Kier molecular flexibility index (Phi) is 5.74. The zero-order chi connectivity index (χ0) is 23.2. The molecule has 4 rings (SSSR count). The first-order valence-corrected chi connectivity index (χ1v) is 12.1. The second-order valence-corrected chi connectivity index (χ2v) is 10.3. The Balaban J connectivity index is 1.65. The second kappa shape index (κ2) is 8.23. The molecule has 7 nitrogen and oxygen atoms in total. The van der Waals surface area contributed by atoms with Crippen molar-refractivity contribution < 1.29 is 22.0 Å². The minimum atomic E-state index is -3.94.